The highest BCUT2D eigenvalue weighted by molar-refractivity contribution is 5.81. The average molecular weight is 247 g/mol. The van der Waals surface area contributed by atoms with Crippen molar-refractivity contribution < 1.29 is 9.90 Å². The molecule has 0 heterocycles. The third-order valence-corrected chi connectivity index (χ3v) is 4.22. The molecule has 0 radical (unpaired) electrons. The van der Waals surface area contributed by atoms with E-state index in [9.17, 15) is 9.90 Å². The van der Waals surface area contributed by atoms with Crippen LogP contribution in [0, 0.1) is 12.8 Å². The minimum atomic E-state index is -0.904. The zero-order chi connectivity index (χ0) is 13.2. The highest BCUT2D eigenvalue weighted by atomic mass is 16.4. The van der Waals surface area contributed by atoms with Crippen molar-refractivity contribution in [2.24, 2.45) is 11.7 Å². The summed E-state index contributed by atoms with van der Waals surface area (Å²) in [5.41, 5.74) is 6.90. The molecule has 3 nitrogen and oxygen atoms in total. The standard InChI is InChI=1S/C15H21NO2/c1-11-5-7-13(8-6-11)15(10-16,14(17)18)9-12-3-2-4-12/h5-8,12H,2-4,9-10,16H2,1H3,(H,17,18). The van der Waals surface area contributed by atoms with Gasteiger partial charge < -0.3 is 10.8 Å². The molecule has 18 heavy (non-hydrogen) atoms. The van der Waals surface area contributed by atoms with E-state index >= 15 is 0 Å². The van der Waals surface area contributed by atoms with E-state index in [1.807, 2.05) is 31.2 Å². The molecule has 1 fully saturated rings. The van der Waals surface area contributed by atoms with Crippen LogP contribution in [0.4, 0.5) is 0 Å². The maximum Gasteiger partial charge on any atom is 0.315 e. The lowest BCUT2D eigenvalue weighted by atomic mass is 9.68. The smallest absolute Gasteiger partial charge is 0.315 e. The Kier molecular flexibility index (Phi) is 3.71. The normalized spacial score (nSPS) is 19.0. The fraction of sp³-hybridized carbons (Fsp3) is 0.533. The highest BCUT2D eigenvalue weighted by Gasteiger charge is 2.42. The summed E-state index contributed by atoms with van der Waals surface area (Å²) in [5, 5.41) is 9.63. The van der Waals surface area contributed by atoms with E-state index in [1.165, 1.54) is 6.42 Å². The summed E-state index contributed by atoms with van der Waals surface area (Å²) in [6.07, 6.45) is 4.17. The number of hydrogen-bond acceptors (Lipinski definition) is 2. The van der Waals surface area contributed by atoms with E-state index in [4.69, 9.17) is 5.73 Å². The lowest BCUT2D eigenvalue weighted by molar-refractivity contribution is -0.144. The summed E-state index contributed by atoms with van der Waals surface area (Å²) in [4.78, 5) is 11.7. The molecule has 2 rings (SSSR count). The van der Waals surface area contributed by atoms with Gasteiger partial charge in [0.25, 0.3) is 0 Å². The van der Waals surface area contributed by atoms with Crippen molar-refractivity contribution >= 4 is 5.97 Å². The number of aliphatic carboxylic acids is 1. The molecule has 0 saturated heterocycles. The van der Waals surface area contributed by atoms with Gasteiger partial charge in [-0.2, -0.15) is 0 Å². The summed E-state index contributed by atoms with van der Waals surface area (Å²) in [6.45, 7) is 2.17. The highest BCUT2D eigenvalue weighted by Crippen LogP contribution is 2.39. The summed E-state index contributed by atoms with van der Waals surface area (Å²) in [6, 6.07) is 7.75. The molecule has 3 heteroatoms. The molecule has 1 unspecified atom stereocenters. The van der Waals surface area contributed by atoms with E-state index in [0.717, 1.165) is 24.0 Å². The molecule has 98 valence electrons. The van der Waals surface area contributed by atoms with Gasteiger partial charge in [0.2, 0.25) is 0 Å². The molecule has 1 aliphatic carbocycles. The Morgan fingerprint density at radius 2 is 2.00 bits per heavy atom. The molecular weight excluding hydrogens is 226 g/mol. The number of carbonyl (C=O) groups is 1. The fourth-order valence-corrected chi connectivity index (χ4v) is 2.68. The summed E-state index contributed by atoms with van der Waals surface area (Å²) in [5.74, 6) is -0.272. The van der Waals surface area contributed by atoms with Crippen LogP contribution in [0.15, 0.2) is 24.3 Å². The topological polar surface area (TPSA) is 63.3 Å². The second-order valence-corrected chi connectivity index (χ2v) is 5.46. The number of carboxylic acids is 1. The molecule has 1 atom stereocenters. The maximum absolute atomic E-state index is 11.7. The second-order valence-electron chi connectivity index (χ2n) is 5.46. The molecule has 1 aromatic carbocycles. The number of aryl methyl sites for hydroxylation is 1. The SMILES string of the molecule is Cc1ccc(C(CN)(CC2CCC2)C(=O)O)cc1. The fourth-order valence-electron chi connectivity index (χ4n) is 2.68. The Labute approximate surface area is 108 Å². The van der Waals surface area contributed by atoms with Gasteiger partial charge in [0, 0.05) is 6.54 Å². The van der Waals surface area contributed by atoms with Gasteiger partial charge in [0.05, 0.1) is 0 Å². The van der Waals surface area contributed by atoms with Crippen LogP contribution in [0.1, 0.15) is 36.8 Å². The predicted molar refractivity (Wildman–Crippen MR) is 71.5 cm³/mol. The first-order valence-corrected chi connectivity index (χ1v) is 6.59. The molecule has 3 N–H and O–H groups in total. The van der Waals surface area contributed by atoms with Crippen LogP contribution in [0.5, 0.6) is 0 Å². The first-order valence-electron chi connectivity index (χ1n) is 6.59. The Balaban J connectivity index is 2.32. The maximum atomic E-state index is 11.7. The van der Waals surface area contributed by atoms with Crippen molar-refractivity contribution in [1.29, 1.82) is 0 Å². The summed E-state index contributed by atoms with van der Waals surface area (Å²) < 4.78 is 0. The van der Waals surface area contributed by atoms with Crippen molar-refractivity contribution in [3.05, 3.63) is 35.4 Å². The third kappa shape index (κ3) is 2.27. The quantitative estimate of drug-likeness (QED) is 0.840. The average Bonchev–Trinajstić information content (AvgIpc) is 2.30. The van der Waals surface area contributed by atoms with Crippen LogP contribution in [0.25, 0.3) is 0 Å². The Hall–Kier alpha value is -1.35. The summed E-state index contributed by atoms with van der Waals surface area (Å²) >= 11 is 0. The monoisotopic (exact) mass is 247 g/mol. The van der Waals surface area contributed by atoms with Gasteiger partial charge in [0.15, 0.2) is 0 Å². The van der Waals surface area contributed by atoms with E-state index < -0.39 is 11.4 Å². The van der Waals surface area contributed by atoms with Crippen LogP contribution < -0.4 is 5.73 Å². The lowest BCUT2D eigenvalue weighted by Crippen LogP contribution is -2.45. The number of hydrogen-bond donors (Lipinski definition) is 2. The molecule has 1 aliphatic rings. The molecular formula is C15H21NO2. The third-order valence-electron chi connectivity index (χ3n) is 4.22. The lowest BCUT2D eigenvalue weighted by Gasteiger charge is -2.36. The Morgan fingerprint density at radius 3 is 2.39 bits per heavy atom. The van der Waals surface area contributed by atoms with Gasteiger partial charge in [-0.25, -0.2) is 0 Å². The zero-order valence-corrected chi connectivity index (χ0v) is 10.9. The minimum absolute atomic E-state index is 0.169. The molecule has 0 amide bonds. The largest absolute Gasteiger partial charge is 0.481 e. The summed E-state index contributed by atoms with van der Waals surface area (Å²) in [7, 11) is 0. The molecule has 0 aromatic heterocycles. The van der Waals surface area contributed by atoms with Gasteiger partial charge in [-0.3, -0.25) is 4.79 Å². The molecule has 1 aromatic rings. The van der Waals surface area contributed by atoms with Crippen LogP contribution in [0.2, 0.25) is 0 Å². The van der Waals surface area contributed by atoms with E-state index in [-0.39, 0.29) is 6.54 Å². The van der Waals surface area contributed by atoms with Crippen molar-refractivity contribution in [1.82, 2.24) is 0 Å². The molecule has 0 aliphatic heterocycles. The molecule has 0 bridgehead atoms. The van der Waals surface area contributed by atoms with Crippen molar-refractivity contribution in [3.63, 3.8) is 0 Å². The van der Waals surface area contributed by atoms with Crippen LogP contribution in [-0.4, -0.2) is 17.6 Å². The van der Waals surface area contributed by atoms with Gasteiger partial charge >= 0.3 is 5.97 Å². The van der Waals surface area contributed by atoms with Gasteiger partial charge in [-0.05, 0) is 24.8 Å². The van der Waals surface area contributed by atoms with Crippen molar-refractivity contribution in [2.45, 2.75) is 38.0 Å². The van der Waals surface area contributed by atoms with Crippen LogP contribution in [0.3, 0.4) is 0 Å². The van der Waals surface area contributed by atoms with Crippen molar-refractivity contribution in [2.75, 3.05) is 6.54 Å². The first-order chi connectivity index (χ1) is 8.58. The van der Waals surface area contributed by atoms with Gasteiger partial charge in [0.1, 0.15) is 5.41 Å². The van der Waals surface area contributed by atoms with Gasteiger partial charge in [-0.1, -0.05) is 49.1 Å². The zero-order valence-electron chi connectivity index (χ0n) is 10.9. The van der Waals surface area contributed by atoms with Crippen LogP contribution >= 0.6 is 0 Å². The second kappa shape index (κ2) is 5.11. The number of benzene rings is 1. The number of carboxylic acid groups (broad SMARTS) is 1. The van der Waals surface area contributed by atoms with Gasteiger partial charge in [-0.15, -0.1) is 0 Å². The molecule has 0 spiro atoms. The van der Waals surface area contributed by atoms with Crippen molar-refractivity contribution in [3.8, 4) is 0 Å². The number of nitrogens with two attached hydrogens (primary N) is 1. The predicted octanol–water partition coefficient (Wildman–Crippen LogP) is 2.47. The Morgan fingerprint density at radius 1 is 1.39 bits per heavy atom. The molecule has 1 saturated carbocycles. The minimum Gasteiger partial charge on any atom is -0.481 e. The Bertz CT molecular complexity index is 423. The van der Waals surface area contributed by atoms with E-state index in [2.05, 4.69) is 0 Å². The van der Waals surface area contributed by atoms with E-state index in [0.29, 0.717) is 12.3 Å². The first kappa shape index (κ1) is 13.1. The van der Waals surface area contributed by atoms with Crippen LogP contribution in [-0.2, 0) is 10.2 Å². The number of rotatable bonds is 5. The van der Waals surface area contributed by atoms with E-state index in [1.54, 1.807) is 0 Å².